The van der Waals surface area contributed by atoms with Gasteiger partial charge in [-0.15, -0.1) is 0 Å². The molecule has 2 nitrogen and oxygen atoms in total. The summed E-state index contributed by atoms with van der Waals surface area (Å²) in [6.07, 6.45) is 0. The van der Waals surface area contributed by atoms with Gasteiger partial charge >= 0.3 is 0 Å². The third-order valence-corrected chi connectivity index (χ3v) is 2.42. The van der Waals surface area contributed by atoms with Gasteiger partial charge in [0.2, 0.25) is 0 Å². The monoisotopic (exact) mass is 271 g/mol. The largest absolute Gasteiger partial charge is 0.508 e. The van der Waals surface area contributed by atoms with Crippen LogP contribution >= 0.6 is 0 Å². The average Bonchev–Trinajstić information content (AvgIpc) is 2.30. The third-order valence-electron chi connectivity index (χ3n) is 2.42. The van der Waals surface area contributed by atoms with Crippen LogP contribution in [-0.2, 0) is 6.54 Å². The highest BCUT2D eigenvalue weighted by Crippen LogP contribution is 2.21. The Balaban J connectivity index is 2.19. The first-order valence-electron chi connectivity index (χ1n) is 5.32. The molecule has 0 spiro atoms. The molecule has 0 amide bonds. The molecule has 0 fully saturated rings. The van der Waals surface area contributed by atoms with Gasteiger partial charge in [0, 0.05) is 24.7 Å². The number of hydrogen-bond acceptors (Lipinski definition) is 2. The van der Waals surface area contributed by atoms with Crippen molar-refractivity contribution >= 4 is 5.69 Å². The molecule has 0 saturated heterocycles. The van der Waals surface area contributed by atoms with E-state index in [0.717, 1.165) is 18.2 Å². The fourth-order valence-corrected chi connectivity index (χ4v) is 1.62. The maximum Gasteiger partial charge on any atom is 0.182 e. The van der Waals surface area contributed by atoms with E-state index < -0.39 is 23.3 Å². The molecule has 0 aliphatic heterocycles. The summed E-state index contributed by atoms with van der Waals surface area (Å²) < 4.78 is 52.1. The standard InChI is InChI=1S/C13H9F4NO/c14-8-1-7(2-10(19)3-8)6-18-12-5-9(15)4-11(16)13(12)17/h1-5,18-19H,6H2. The molecule has 0 heterocycles. The summed E-state index contributed by atoms with van der Waals surface area (Å²) in [5.74, 6) is -4.42. The molecular formula is C13H9F4NO. The van der Waals surface area contributed by atoms with Crippen molar-refractivity contribution in [2.45, 2.75) is 6.54 Å². The Kier molecular flexibility index (Phi) is 3.59. The van der Waals surface area contributed by atoms with Crippen molar-refractivity contribution in [1.29, 1.82) is 0 Å². The molecule has 2 aromatic rings. The lowest BCUT2D eigenvalue weighted by molar-refractivity contribution is 0.468. The predicted octanol–water partition coefficient (Wildman–Crippen LogP) is 3.56. The van der Waals surface area contributed by atoms with Crippen LogP contribution in [0, 0.1) is 23.3 Å². The molecule has 0 aromatic heterocycles. The van der Waals surface area contributed by atoms with Crippen molar-refractivity contribution < 1.29 is 22.7 Å². The summed E-state index contributed by atoms with van der Waals surface area (Å²) in [5.41, 5.74) is -0.0668. The number of aromatic hydroxyl groups is 1. The Morgan fingerprint density at radius 2 is 1.58 bits per heavy atom. The van der Waals surface area contributed by atoms with Gasteiger partial charge in [-0.3, -0.25) is 0 Å². The lowest BCUT2D eigenvalue weighted by Gasteiger charge is -2.09. The summed E-state index contributed by atoms with van der Waals surface area (Å²) in [5, 5.41) is 11.6. The molecule has 2 N–H and O–H groups in total. The van der Waals surface area contributed by atoms with Crippen molar-refractivity contribution in [2.75, 3.05) is 5.32 Å². The zero-order valence-electron chi connectivity index (χ0n) is 9.55. The third kappa shape index (κ3) is 3.15. The van der Waals surface area contributed by atoms with Crippen molar-refractivity contribution in [3.05, 3.63) is 59.2 Å². The van der Waals surface area contributed by atoms with Crippen LogP contribution in [0.2, 0.25) is 0 Å². The summed E-state index contributed by atoms with van der Waals surface area (Å²) in [6, 6.07) is 4.49. The van der Waals surface area contributed by atoms with Gasteiger partial charge in [0.25, 0.3) is 0 Å². The van der Waals surface area contributed by atoms with E-state index in [1.807, 2.05) is 0 Å². The van der Waals surface area contributed by atoms with Gasteiger partial charge in [-0.2, -0.15) is 0 Å². The van der Waals surface area contributed by atoms with Crippen LogP contribution in [-0.4, -0.2) is 5.11 Å². The summed E-state index contributed by atoms with van der Waals surface area (Å²) in [6.45, 7) is -0.0921. The Bertz CT molecular complexity index is 596. The van der Waals surface area contributed by atoms with Crippen LogP contribution in [0.3, 0.4) is 0 Å². The smallest absolute Gasteiger partial charge is 0.182 e. The minimum Gasteiger partial charge on any atom is -0.508 e. The van der Waals surface area contributed by atoms with Crippen molar-refractivity contribution in [3.63, 3.8) is 0 Å². The van der Waals surface area contributed by atoms with Crippen LogP contribution in [0.5, 0.6) is 5.75 Å². The molecule has 2 aromatic carbocycles. The number of halogens is 4. The molecule has 100 valence electrons. The molecule has 6 heteroatoms. The zero-order chi connectivity index (χ0) is 14.0. The van der Waals surface area contributed by atoms with E-state index in [9.17, 15) is 22.7 Å². The first kappa shape index (κ1) is 13.2. The summed E-state index contributed by atoms with van der Waals surface area (Å²) in [4.78, 5) is 0. The molecular weight excluding hydrogens is 262 g/mol. The number of rotatable bonds is 3. The van der Waals surface area contributed by atoms with Crippen LogP contribution in [0.15, 0.2) is 30.3 Å². The van der Waals surface area contributed by atoms with E-state index in [4.69, 9.17) is 0 Å². The van der Waals surface area contributed by atoms with Crippen LogP contribution < -0.4 is 5.32 Å². The van der Waals surface area contributed by atoms with E-state index in [1.54, 1.807) is 0 Å². The number of anilines is 1. The van der Waals surface area contributed by atoms with E-state index in [2.05, 4.69) is 5.32 Å². The Morgan fingerprint density at radius 1 is 0.895 bits per heavy atom. The maximum atomic E-state index is 13.3. The Labute approximate surface area is 106 Å². The second-order valence-electron chi connectivity index (χ2n) is 3.92. The molecule has 0 bridgehead atoms. The van der Waals surface area contributed by atoms with E-state index >= 15 is 0 Å². The SMILES string of the molecule is Oc1cc(F)cc(CNc2cc(F)cc(F)c2F)c1. The Morgan fingerprint density at radius 3 is 2.26 bits per heavy atom. The topological polar surface area (TPSA) is 32.3 Å². The minimum atomic E-state index is -1.32. The first-order valence-corrected chi connectivity index (χ1v) is 5.32. The predicted molar refractivity (Wildman–Crippen MR) is 61.7 cm³/mol. The molecule has 0 atom stereocenters. The van der Waals surface area contributed by atoms with Gasteiger partial charge < -0.3 is 10.4 Å². The van der Waals surface area contributed by atoms with Crippen LogP contribution in [0.25, 0.3) is 0 Å². The molecule has 19 heavy (non-hydrogen) atoms. The highest BCUT2D eigenvalue weighted by molar-refractivity contribution is 5.46. The summed E-state index contributed by atoms with van der Waals surface area (Å²) >= 11 is 0. The van der Waals surface area contributed by atoms with Crippen LogP contribution in [0.4, 0.5) is 23.2 Å². The molecule has 0 saturated carbocycles. The van der Waals surface area contributed by atoms with E-state index in [1.165, 1.54) is 6.07 Å². The highest BCUT2D eigenvalue weighted by atomic mass is 19.2. The Hall–Kier alpha value is -2.24. The minimum absolute atomic E-state index is 0.0921. The molecule has 2 rings (SSSR count). The number of hydrogen-bond donors (Lipinski definition) is 2. The van der Waals surface area contributed by atoms with E-state index in [-0.39, 0.29) is 18.0 Å². The van der Waals surface area contributed by atoms with Gasteiger partial charge in [0.1, 0.15) is 17.4 Å². The van der Waals surface area contributed by atoms with E-state index in [0.29, 0.717) is 11.6 Å². The molecule has 0 radical (unpaired) electrons. The van der Waals surface area contributed by atoms with Gasteiger partial charge in [-0.05, 0) is 17.7 Å². The van der Waals surface area contributed by atoms with Gasteiger partial charge in [0.15, 0.2) is 11.6 Å². The van der Waals surface area contributed by atoms with Crippen LogP contribution in [0.1, 0.15) is 5.56 Å². The second kappa shape index (κ2) is 5.17. The summed E-state index contributed by atoms with van der Waals surface area (Å²) in [7, 11) is 0. The fraction of sp³-hybridized carbons (Fsp3) is 0.0769. The number of phenolic OH excluding ortho intramolecular Hbond substituents is 1. The normalized spacial score (nSPS) is 10.5. The van der Waals surface area contributed by atoms with Gasteiger partial charge in [-0.25, -0.2) is 17.6 Å². The second-order valence-corrected chi connectivity index (χ2v) is 3.92. The lowest BCUT2D eigenvalue weighted by atomic mass is 10.2. The average molecular weight is 271 g/mol. The maximum absolute atomic E-state index is 13.3. The van der Waals surface area contributed by atoms with Crippen molar-refractivity contribution in [1.82, 2.24) is 0 Å². The molecule has 0 aliphatic carbocycles. The number of phenols is 1. The van der Waals surface area contributed by atoms with Crippen molar-refractivity contribution in [3.8, 4) is 5.75 Å². The number of benzene rings is 2. The zero-order valence-corrected chi connectivity index (χ0v) is 9.55. The fourth-order valence-electron chi connectivity index (χ4n) is 1.62. The van der Waals surface area contributed by atoms with Crippen molar-refractivity contribution in [2.24, 2.45) is 0 Å². The van der Waals surface area contributed by atoms with Gasteiger partial charge in [0.05, 0.1) is 5.69 Å². The lowest BCUT2D eigenvalue weighted by Crippen LogP contribution is -2.04. The first-order chi connectivity index (χ1) is 8.95. The molecule has 0 aliphatic rings. The number of nitrogens with one attached hydrogen (secondary N) is 1. The highest BCUT2D eigenvalue weighted by Gasteiger charge is 2.11. The quantitative estimate of drug-likeness (QED) is 0.661. The molecule has 0 unspecified atom stereocenters. The van der Waals surface area contributed by atoms with Gasteiger partial charge in [-0.1, -0.05) is 0 Å².